The normalized spacial score (nSPS) is 10.9. The summed E-state index contributed by atoms with van der Waals surface area (Å²) in [6, 6.07) is 22.8. The largest absolute Gasteiger partial charge is 0.326 e. The molecular weight excluding hydrogens is 406 g/mol. The molecule has 4 aromatic rings. The lowest BCUT2D eigenvalue weighted by Gasteiger charge is -2.15. The molecule has 1 N–H and O–H groups in total. The van der Waals surface area contributed by atoms with Gasteiger partial charge in [0.15, 0.2) is 5.16 Å². The first kappa shape index (κ1) is 20.9. The van der Waals surface area contributed by atoms with Crippen LogP contribution in [0.5, 0.6) is 0 Å². The number of hydrogen-bond donors (Lipinski definition) is 1. The molecule has 0 fully saturated rings. The van der Waals surface area contributed by atoms with Crippen molar-refractivity contribution in [2.24, 2.45) is 0 Å². The number of anilines is 1. The summed E-state index contributed by atoms with van der Waals surface area (Å²) in [5, 5.41) is 4.06. The highest BCUT2D eigenvalue weighted by molar-refractivity contribution is 7.99. The Morgan fingerprint density at radius 1 is 1.00 bits per heavy atom. The monoisotopic (exact) mass is 429 g/mol. The van der Waals surface area contributed by atoms with Crippen LogP contribution in [0.2, 0.25) is 0 Å². The van der Waals surface area contributed by atoms with Crippen molar-refractivity contribution in [3.63, 3.8) is 0 Å². The van der Waals surface area contributed by atoms with Crippen molar-refractivity contribution in [1.29, 1.82) is 0 Å². The third-order valence-electron chi connectivity index (χ3n) is 4.97. The van der Waals surface area contributed by atoms with Gasteiger partial charge in [-0.25, -0.2) is 4.98 Å². The van der Waals surface area contributed by atoms with Crippen LogP contribution in [0.4, 0.5) is 5.69 Å². The van der Waals surface area contributed by atoms with Crippen molar-refractivity contribution in [1.82, 2.24) is 9.55 Å². The average Bonchev–Trinajstić information content (AvgIpc) is 2.77. The lowest BCUT2D eigenvalue weighted by Crippen LogP contribution is -2.23. The third-order valence-corrected chi connectivity index (χ3v) is 5.91. The molecule has 0 aliphatic rings. The Morgan fingerprint density at radius 2 is 1.74 bits per heavy atom. The zero-order chi connectivity index (χ0) is 21.8. The molecule has 0 bridgehead atoms. The molecule has 6 heteroatoms. The molecule has 0 spiro atoms. The summed E-state index contributed by atoms with van der Waals surface area (Å²) < 4.78 is 1.67. The molecule has 0 aliphatic heterocycles. The van der Waals surface area contributed by atoms with E-state index in [0.29, 0.717) is 28.2 Å². The predicted octanol–water partition coefficient (Wildman–Crippen LogP) is 5.12. The minimum absolute atomic E-state index is 0.0693. The fourth-order valence-electron chi connectivity index (χ4n) is 3.36. The van der Waals surface area contributed by atoms with Crippen LogP contribution >= 0.6 is 11.8 Å². The van der Waals surface area contributed by atoms with Gasteiger partial charge in [-0.3, -0.25) is 14.2 Å². The van der Waals surface area contributed by atoms with E-state index in [1.807, 2.05) is 80.6 Å². The molecule has 1 heterocycles. The molecule has 5 nitrogen and oxygen atoms in total. The summed E-state index contributed by atoms with van der Waals surface area (Å²) in [4.78, 5) is 30.5. The van der Waals surface area contributed by atoms with Crippen LogP contribution in [0, 0.1) is 13.8 Å². The molecule has 0 saturated heterocycles. The number of rotatable bonds is 6. The molecule has 0 saturated carbocycles. The zero-order valence-electron chi connectivity index (χ0n) is 17.5. The molecule has 1 aromatic heterocycles. The minimum Gasteiger partial charge on any atom is -0.326 e. The smallest absolute Gasteiger partial charge is 0.266 e. The van der Waals surface area contributed by atoms with Gasteiger partial charge in [0.05, 0.1) is 16.6 Å². The fraction of sp³-hybridized carbons (Fsp3) is 0.160. The number of nitrogens with zero attached hydrogens (tertiary/aromatic N) is 2. The van der Waals surface area contributed by atoms with Gasteiger partial charge in [-0.2, -0.15) is 0 Å². The highest BCUT2D eigenvalue weighted by atomic mass is 32.2. The zero-order valence-corrected chi connectivity index (χ0v) is 18.3. The average molecular weight is 430 g/mol. The maximum Gasteiger partial charge on any atom is 0.266 e. The van der Waals surface area contributed by atoms with Gasteiger partial charge in [-0.15, -0.1) is 0 Å². The van der Waals surface area contributed by atoms with Crippen LogP contribution in [0.15, 0.2) is 82.7 Å². The molecule has 0 unspecified atom stereocenters. The molecule has 3 aromatic carbocycles. The number of aromatic nitrogens is 2. The van der Waals surface area contributed by atoms with Gasteiger partial charge in [0.2, 0.25) is 5.91 Å². The topological polar surface area (TPSA) is 64.0 Å². The Kier molecular flexibility index (Phi) is 6.18. The lowest BCUT2D eigenvalue weighted by molar-refractivity contribution is -0.115. The van der Waals surface area contributed by atoms with Crippen molar-refractivity contribution in [2.45, 2.75) is 25.4 Å². The number of benzene rings is 3. The molecule has 4 rings (SSSR count). The number of amides is 1. The number of hydrogen-bond acceptors (Lipinski definition) is 4. The fourth-order valence-corrected chi connectivity index (χ4v) is 4.31. The van der Waals surface area contributed by atoms with Gasteiger partial charge < -0.3 is 5.32 Å². The van der Waals surface area contributed by atoms with Crippen LogP contribution in [0.3, 0.4) is 0 Å². The minimum atomic E-state index is -0.101. The van der Waals surface area contributed by atoms with Crippen molar-refractivity contribution in [2.75, 3.05) is 11.1 Å². The summed E-state index contributed by atoms with van der Waals surface area (Å²) in [7, 11) is 0. The maximum atomic E-state index is 13.4. The Labute approximate surface area is 185 Å². The number of nitrogens with one attached hydrogen (secondary N) is 1. The van der Waals surface area contributed by atoms with Crippen molar-refractivity contribution < 1.29 is 4.79 Å². The number of thioether (sulfide) groups is 1. The van der Waals surface area contributed by atoms with Crippen LogP contribution in [-0.4, -0.2) is 21.2 Å². The highest BCUT2D eigenvalue weighted by Gasteiger charge is 2.15. The number of para-hydroxylation sites is 2. The van der Waals surface area contributed by atoms with Crippen LogP contribution in [0.25, 0.3) is 16.6 Å². The van der Waals surface area contributed by atoms with Crippen molar-refractivity contribution in [3.8, 4) is 5.69 Å². The summed E-state index contributed by atoms with van der Waals surface area (Å²) in [6.07, 6.45) is 0.315. The second-order valence-corrected chi connectivity index (χ2v) is 8.42. The van der Waals surface area contributed by atoms with Crippen molar-refractivity contribution in [3.05, 3.63) is 94.3 Å². The Balaban J connectivity index is 1.64. The molecular formula is C25H23N3O2S. The molecule has 0 aliphatic carbocycles. The van der Waals surface area contributed by atoms with E-state index in [4.69, 9.17) is 4.98 Å². The van der Waals surface area contributed by atoms with Crippen LogP contribution < -0.4 is 10.9 Å². The van der Waals surface area contributed by atoms with E-state index >= 15 is 0 Å². The lowest BCUT2D eigenvalue weighted by atomic mass is 10.1. The molecule has 0 atom stereocenters. The van der Waals surface area contributed by atoms with Gasteiger partial charge in [-0.1, -0.05) is 54.2 Å². The van der Waals surface area contributed by atoms with Gasteiger partial charge >= 0.3 is 0 Å². The number of aryl methyl sites for hydroxylation is 2. The molecule has 156 valence electrons. The van der Waals surface area contributed by atoms with E-state index in [2.05, 4.69) is 5.32 Å². The van der Waals surface area contributed by atoms with Crippen molar-refractivity contribution >= 4 is 34.3 Å². The van der Waals surface area contributed by atoms with E-state index in [9.17, 15) is 9.59 Å². The van der Waals surface area contributed by atoms with E-state index < -0.39 is 0 Å². The molecule has 0 radical (unpaired) electrons. The standard InChI is InChI=1S/C25H23N3O2S/c1-17-12-13-18(2)22(16-17)28-24(30)20-10-6-7-11-21(20)27-25(28)31-15-14-23(29)26-19-8-4-3-5-9-19/h3-13,16H,14-15H2,1-2H3,(H,26,29). The second-order valence-electron chi connectivity index (χ2n) is 7.35. The first-order chi connectivity index (χ1) is 15.0. The van der Waals surface area contributed by atoms with E-state index in [1.54, 1.807) is 10.6 Å². The Morgan fingerprint density at radius 3 is 2.55 bits per heavy atom. The third kappa shape index (κ3) is 4.70. The van der Waals surface area contributed by atoms with Gasteiger partial charge in [0, 0.05) is 17.9 Å². The summed E-state index contributed by atoms with van der Waals surface area (Å²) >= 11 is 1.42. The molecule has 31 heavy (non-hydrogen) atoms. The van der Waals surface area contributed by atoms with Gasteiger partial charge in [0.1, 0.15) is 0 Å². The highest BCUT2D eigenvalue weighted by Crippen LogP contribution is 2.24. The number of carbonyl (C=O) groups is 1. The SMILES string of the molecule is Cc1ccc(C)c(-n2c(SCCC(=O)Nc3ccccc3)nc3ccccc3c2=O)c1. The van der Waals surface area contributed by atoms with Crippen LogP contribution in [-0.2, 0) is 4.79 Å². The van der Waals surface area contributed by atoms with Gasteiger partial charge in [0.25, 0.3) is 5.56 Å². The van der Waals surface area contributed by atoms with E-state index in [1.165, 1.54) is 11.8 Å². The quantitative estimate of drug-likeness (QED) is 0.341. The second kappa shape index (κ2) is 9.18. The van der Waals surface area contributed by atoms with E-state index in [-0.39, 0.29) is 11.5 Å². The predicted molar refractivity (Wildman–Crippen MR) is 127 cm³/mol. The first-order valence-corrected chi connectivity index (χ1v) is 11.1. The number of fused-ring (bicyclic) bond motifs is 1. The maximum absolute atomic E-state index is 13.4. The van der Waals surface area contributed by atoms with Crippen LogP contribution in [0.1, 0.15) is 17.5 Å². The van der Waals surface area contributed by atoms with Gasteiger partial charge in [-0.05, 0) is 55.3 Å². The molecule has 1 amide bonds. The van der Waals surface area contributed by atoms with E-state index in [0.717, 1.165) is 22.5 Å². The summed E-state index contributed by atoms with van der Waals surface area (Å²) in [6.45, 7) is 3.99. The summed E-state index contributed by atoms with van der Waals surface area (Å²) in [5.41, 5.74) is 4.21. The first-order valence-electron chi connectivity index (χ1n) is 10.1. The Bertz CT molecular complexity index is 1300. The summed E-state index contributed by atoms with van der Waals surface area (Å²) in [5.74, 6) is 0.439. The Hall–Kier alpha value is -3.38. The number of carbonyl (C=O) groups excluding carboxylic acids is 1.